The molecule has 0 spiro atoms. The van der Waals surface area contributed by atoms with E-state index < -0.39 is 11.6 Å². The minimum Gasteiger partial charge on any atom is -0.399 e. The Bertz CT molecular complexity index is 1440. The van der Waals surface area contributed by atoms with E-state index in [1.54, 1.807) is 35.4 Å². The number of halogens is 2. The lowest BCUT2D eigenvalue weighted by atomic mass is 10.0. The zero-order valence-electron chi connectivity index (χ0n) is 16.9. The van der Waals surface area contributed by atoms with Crippen LogP contribution in [0.4, 0.5) is 14.5 Å². The summed E-state index contributed by atoms with van der Waals surface area (Å²) in [5.74, 6) is -1.28. The Kier molecular flexibility index (Phi) is 4.91. The van der Waals surface area contributed by atoms with Gasteiger partial charge in [0.2, 0.25) is 0 Å². The van der Waals surface area contributed by atoms with Crippen molar-refractivity contribution in [1.82, 2.24) is 19.3 Å². The highest BCUT2D eigenvalue weighted by Crippen LogP contribution is 2.30. The van der Waals surface area contributed by atoms with E-state index in [1.165, 1.54) is 12.1 Å². The molecule has 0 unspecified atom stereocenters. The predicted octanol–water partition coefficient (Wildman–Crippen LogP) is 4.41. The van der Waals surface area contributed by atoms with E-state index in [0.717, 1.165) is 33.9 Å². The van der Waals surface area contributed by atoms with Gasteiger partial charge in [0.05, 0.1) is 30.4 Å². The van der Waals surface area contributed by atoms with Crippen molar-refractivity contribution in [2.45, 2.75) is 6.54 Å². The topological polar surface area (TPSA) is 81.9 Å². The third-order valence-corrected chi connectivity index (χ3v) is 5.30. The first kappa shape index (κ1) is 19.9. The summed E-state index contributed by atoms with van der Waals surface area (Å²) in [6.07, 6.45) is 5.30. The lowest BCUT2D eigenvalue weighted by molar-refractivity contribution is 0.269. The van der Waals surface area contributed by atoms with Crippen LogP contribution in [0.5, 0.6) is 0 Å². The summed E-state index contributed by atoms with van der Waals surface area (Å²) in [5.41, 5.74) is 11.6. The summed E-state index contributed by atoms with van der Waals surface area (Å²) in [4.78, 5) is 4.52. The first-order valence-corrected chi connectivity index (χ1v) is 9.99. The molecule has 0 aliphatic heterocycles. The summed E-state index contributed by atoms with van der Waals surface area (Å²) in [7, 11) is 0. The Balaban J connectivity index is 1.55. The van der Waals surface area contributed by atoms with Gasteiger partial charge in [0.1, 0.15) is 18.0 Å². The van der Waals surface area contributed by atoms with Crippen molar-refractivity contribution in [2.75, 3.05) is 12.3 Å². The number of nitrogens with two attached hydrogens (primary N) is 1. The van der Waals surface area contributed by atoms with Crippen molar-refractivity contribution in [2.24, 2.45) is 0 Å². The van der Waals surface area contributed by atoms with Gasteiger partial charge in [-0.3, -0.25) is 9.25 Å². The quantitative estimate of drug-likeness (QED) is 0.404. The zero-order chi connectivity index (χ0) is 22.2. The number of aromatic nitrogens is 4. The molecule has 160 valence electrons. The number of aliphatic hydroxyl groups is 1. The molecule has 0 aliphatic rings. The Morgan fingerprint density at radius 2 is 1.81 bits per heavy atom. The largest absolute Gasteiger partial charge is 0.399 e. The first-order chi connectivity index (χ1) is 15.5. The van der Waals surface area contributed by atoms with E-state index in [0.29, 0.717) is 17.8 Å². The highest BCUT2D eigenvalue weighted by atomic mass is 19.1. The molecule has 5 rings (SSSR count). The van der Waals surface area contributed by atoms with E-state index >= 15 is 0 Å². The number of imidazole rings is 1. The van der Waals surface area contributed by atoms with Crippen LogP contribution >= 0.6 is 0 Å². The molecule has 2 aromatic heterocycles. The second kappa shape index (κ2) is 7.90. The molecule has 0 atom stereocenters. The Labute approximate surface area is 182 Å². The van der Waals surface area contributed by atoms with Gasteiger partial charge in [-0.1, -0.05) is 6.07 Å². The van der Waals surface area contributed by atoms with E-state index in [4.69, 9.17) is 10.8 Å². The summed E-state index contributed by atoms with van der Waals surface area (Å²) in [5, 5.41) is 13.3. The van der Waals surface area contributed by atoms with Crippen molar-refractivity contribution in [3.05, 3.63) is 85.0 Å². The number of nitrogen functional groups attached to an aromatic ring is 1. The van der Waals surface area contributed by atoms with Gasteiger partial charge in [-0.2, -0.15) is 5.10 Å². The van der Waals surface area contributed by atoms with Crippen LogP contribution in [0.25, 0.3) is 39.0 Å². The maximum Gasteiger partial charge on any atom is 0.133 e. The number of hydrogen-bond acceptors (Lipinski definition) is 4. The van der Waals surface area contributed by atoms with Crippen LogP contribution in [0, 0.1) is 11.6 Å². The molecular weight excluding hydrogens is 412 g/mol. The maximum atomic E-state index is 14.3. The van der Waals surface area contributed by atoms with Crippen LogP contribution in [0.15, 0.2) is 73.3 Å². The smallest absolute Gasteiger partial charge is 0.133 e. The minimum atomic E-state index is -0.650. The van der Waals surface area contributed by atoms with Crippen LogP contribution < -0.4 is 5.73 Å². The number of nitrogens with zero attached hydrogens (tertiary/aromatic N) is 4. The molecular formula is C24H19F2N5O. The number of rotatable bonds is 5. The number of benzene rings is 3. The van der Waals surface area contributed by atoms with Crippen LogP contribution in [0.1, 0.15) is 0 Å². The maximum absolute atomic E-state index is 14.3. The normalized spacial score (nSPS) is 11.3. The zero-order valence-corrected chi connectivity index (χ0v) is 16.9. The van der Waals surface area contributed by atoms with Gasteiger partial charge in [0.25, 0.3) is 0 Å². The van der Waals surface area contributed by atoms with Crippen molar-refractivity contribution >= 4 is 16.7 Å². The molecule has 0 saturated heterocycles. The van der Waals surface area contributed by atoms with E-state index in [1.807, 2.05) is 29.0 Å². The monoisotopic (exact) mass is 431 g/mol. The average Bonchev–Trinajstić information content (AvgIpc) is 3.40. The van der Waals surface area contributed by atoms with Gasteiger partial charge in [-0.15, -0.1) is 0 Å². The van der Waals surface area contributed by atoms with Crippen molar-refractivity contribution in [3.8, 4) is 27.9 Å². The lowest BCUT2D eigenvalue weighted by Crippen LogP contribution is -2.01. The fourth-order valence-electron chi connectivity index (χ4n) is 3.79. The molecule has 32 heavy (non-hydrogen) atoms. The van der Waals surface area contributed by atoms with Crippen LogP contribution in [-0.2, 0) is 6.54 Å². The molecule has 0 amide bonds. The Hall–Kier alpha value is -4.04. The highest BCUT2D eigenvalue weighted by molar-refractivity contribution is 5.84. The predicted molar refractivity (Wildman–Crippen MR) is 119 cm³/mol. The van der Waals surface area contributed by atoms with E-state index in [2.05, 4.69) is 10.1 Å². The molecule has 5 aromatic rings. The molecule has 8 heteroatoms. The molecule has 0 fully saturated rings. The first-order valence-electron chi connectivity index (χ1n) is 9.99. The van der Waals surface area contributed by atoms with E-state index in [-0.39, 0.29) is 12.2 Å². The Morgan fingerprint density at radius 3 is 2.62 bits per heavy atom. The Morgan fingerprint density at radius 1 is 0.938 bits per heavy atom. The lowest BCUT2D eigenvalue weighted by Gasteiger charge is -2.11. The number of aliphatic hydroxyl groups excluding tert-OH is 1. The van der Waals surface area contributed by atoms with Crippen molar-refractivity contribution in [3.63, 3.8) is 0 Å². The summed E-state index contributed by atoms with van der Waals surface area (Å²) in [6.45, 7) is 0.456. The molecule has 0 radical (unpaired) electrons. The van der Waals surface area contributed by atoms with Gasteiger partial charge < -0.3 is 10.8 Å². The number of hydrogen-bond donors (Lipinski definition) is 2. The molecule has 3 N–H and O–H groups in total. The molecule has 3 aromatic carbocycles. The minimum absolute atomic E-state index is 0.0224. The summed E-state index contributed by atoms with van der Waals surface area (Å²) < 4.78 is 31.2. The standard InChI is InChI=1S/C24H19F2N5O/c25-18-2-3-21(22(26)10-18)16-7-19(27)11-20(8-16)31-14-28-23-9-15(1-4-24(23)31)17-12-29-30(13-17)5-6-32/h1-4,7-14,32H,5-6,27H2. The van der Waals surface area contributed by atoms with Crippen molar-refractivity contribution in [1.29, 1.82) is 0 Å². The van der Waals surface area contributed by atoms with Crippen LogP contribution in [-0.4, -0.2) is 31.0 Å². The molecule has 6 nitrogen and oxygen atoms in total. The third-order valence-electron chi connectivity index (χ3n) is 5.30. The number of anilines is 1. The van der Waals surface area contributed by atoms with Gasteiger partial charge in [-0.25, -0.2) is 13.8 Å². The second-order valence-electron chi connectivity index (χ2n) is 7.47. The molecule has 0 saturated carbocycles. The number of fused-ring (bicyclic) bond motifs is 1. The fraction of sp³-hybridized carbons (Fsp3) is 0.0833. The van der Waals surface area contributed by atoms with Crippen LogP contribution in [0.3, 0.4) is 0 Å². The van der Waals surface area contributed by atoms with Gasteiger partial charge in [-0.05, 0) is 53.6 Å². The van der Waals surface area contributed by atoms with E-state index in [9.17, 15) is 8.78 Å². The highest BCUT2D eigenvalue weighted by Gasteiger charge is 2.12. The molecule has 0 bridgehead atoms. The molecule has 2 heterocycles. The second-order valence-corrected chi connectivity index (χ2v) is 7.47. The summed E-state index contributed by atoms with van der Waals surface area (Å²) in [6, 6.07) is 14.6. The van der Waals surface area contributed by atoms with Gasteiger partial charge in [0.15, 0.2) is 0 Å². The van der Waals surface area contributed by atoms with Crippen LogP contribution in [0.2, 0.25) is 0 Å². The average molecular weight is 431 g/mol. The van der Waals surface area contributed by atoms with Crippen molar-refractivity contribution < 1.29 is 13.9 Å². The summed E-state index contributed by atoms with van der Waals surface area (Å²) >= 11 is 0. The fourth-order valence-corrected chi connectivity index (χ4v) is 3.79. The molecule has 0 aliphatic carbocycles. The van der Waals surface area contributed by atoms with Gasteiger partial charge >= 0.3 is 0 Å². The SMILES string of the molecule is Nc1cc(-c2ccc(F)cc2F)cc(-n2cnc3cc(-c4cnn(CCO)c4)ccc32)c1. The third kappa shape index (κ3) is 3.61. The van der Waals surface area contributed by atoms with Gasteiger partial charge in [0, 0.05) is 34.8 Å².